The van der Waals surface area contributed by atoms with E-state index < -0.39 is 5.97 Å². The number of ketones is 1. The largest absolute Gasteiger partial charge is 0.454 e. The molecule has 1 aromatic heterocycles. The lowest BCUT2D eigenvalue weighted by Gasteiger charge is -2.22. The van der Waals surface area contributed by atoms with E-state index in [0.29, 0.717) is 22.2 Å². The molecule has 1 saturated carbocycles. The molecule has 1 heterocycles. The van der Waals surface area contributed by atoms with Crippen LogP contribution >= 0.6 is 11.6 Å². The van der Waals surface area contributed by atoms with Crippen LogP contribution in [-0.4, -0.2) is 28.1 Å². The van der Waals surface area contributed by atoms with Gasteiger partial charge in [-0.25, -0.2) is 9.48 Å². The summed E-state index contributed by atoms with van der Waals surface area (Å²) >= 11 is 6.21. The normalized spacial score (nSPS) is 14.0. The Morgan fingerprint density at radius 1 is 0.947 bits per heavy atom. The van der Waals surface area contributed by atoms with Gasteiger partial charge in [-0.3, -0.25) is 4.79 Å². The zero-order valence-corrected chi connectivity index (χ0v) is 21.8. The van der Waals surface area contributed by atoms with Crippen molar-refractivity contribution in [3.63, 3.8) is 0 Å². The zero-order chi connectivity index (χ0) is 26.3. The molecule has 0 unspecified atom stereocenters. The highest BCUT2D eigenvalue weighted by Crippen LogP contribution is 2.32. The molecule has 0 amide bonds. The van der Waals surface area contributed by atoms with Gasteiger partial charge in [0.25, 0.3) is 0 Å². The number of rotatable bonds is 8. The Balaban J connectivity index is 1.26. The maximum atomic E-state index is 12.6. The number of ether oxygens (including phenoxy) is 1. The van der Waals surface area contributed by atoms with Crippen LogP contribution in [0.15, 0.2) is 91.1 Å². The Morgan fingerprint density at radius 3 is 2.45 bits per heavy atom. The summed E-state index contributed by atoms with van der Waals surface area (Å²) < 4.78 is 7.01. The molecule has 0 radical (unpaired) electrons. The SMILES string of the molecule is O=C(/C=C/c1cn(-c2ccccc2)nc1-c1cccc(Cl)c1)OCC(=O)c1ccc(C2CCCCC2)cc1. The third-order valence-electron chi connectivity index (χ3n) is 6.92. The second-order valence-corrected chi connectivity index (χ2v) is 9.98. The fourth-order valence-electron chi connectivity index (χ4n) is 4.89. The molecule has 0 N–H and O–H groups in total. The van der Waals surface area contributed by atoms with Gasteiger partial charge in [0.2, 0.25) is 0 Å². The zero-order valence-electron chi connectivity index (χ0n) is 21.1. The monoisotopic (exact) mass is 524 g/mol. The summed E-state index contributed by atoms with van der Waals surface area (Å²) in [6, 6.07) is 24.8. The maximum absolute atomic E-state index is 12.6. The highest BCUT2D eigenvalue weighted by molar-refractivity contribution is 6.30. The average Bonchev–Trinajstić information content (AvgIpc) is 3.40. The fourth-order valence-corrected chi connectivity index (χ4v) is 5.08. The van der Waals surface area contributed by atoms with Gasteiger partial charge in [-0.1, -0.05) is 85.5 Å². The van der Waals surface area contributed by atoms with Gasteiger partial charge < -0.3 is 4.74 Å². The second kappa shape index (κ2) is 12.1. The van der Waals surface area contributed by atoms with Crippen molar-refractivity contribution in [1.29, 1.82) is 0 Å². The number of carbonyl (C=O) groups is 2. The smallest absolute Gasteiger partial charge is 0.331 e. The van der Waals surface area contributed by atoms with Crippen LogP contribution in [0.3, 0.4) is 0 Å². The molecule has 1 aliphatic carbocycles. The number of carbonyl (C=O) groups excluding carboxylic acids is 2. The van der Waals surface area contributed by atoms with Gasteiger partial charge in [-0.2, -0.15) is 5.10 Å². The molecule has 38 heavy (non-hydrogen) atoms. The molecule has 0 spiro atoms. The fraction of sp³-hybridized carbons (Fsp3) is 0.219. The molecule has 5 nitrogen and oxygen atoms in total. The number of hydrogen-bond acceptors (Lipinski definition) is 4. The molecule has 6 heteroatoms. The Bertz CT molecular complexity index is 1440. The van der Waals surface area contributed by atoms with Crippen molar-refractivity contribution in [1.82, 2.24) is 9.78 Å². The second-order valence-electron chi connectivity index (χ2n) is 9.54. The third kappa shape index (κ3) is 6.29. The third-order valence-corrected chi connectivity index (χ3v) is 7.15. The van der Waals surface area contributed by atoms with Gasteiger partial charge in [0.05, 0.1) is 5.69 Å². The van der Waals surface area contributed by atoms with Crippen molar-refractivity contribution in [3.8, 4) is 16.9 Å². The van der Waals surface area contributed by atoms with Crippen molar-refractivity contribution < 1.29 is 14.3 Å². The van der Waals surface area contributed by atoms with Crippen LogP contribution in [0.1, 0.15) is 59.5 Å². The van der Waals surface area contributed by atoms with Gasteiger partial charge in [0.15, 0.2) is 12.4 Å². The summed E-state index contributed by atoms with van der Waals surface area (Å²) in [7, 11) is 0. The molecule has 0 atom stereocenters. The summed E-state index contributed by atoms with van der Waals surface area (Å²) in [5.74, 6) is -0.237. The van der Waals surface area contributed by atoms with Crippen LogP contribution < -0.4 is 0 Å². The molecule has 0 bridgehead atoms. The molecule has 0 saturated heterocycles. The van der Waals surface area contributed by atoms with Crippen molar-refractivity contribution in [2.45, 2.75) is 38.0 Å². The van der Waals surface area contributed by atoms with Crippen LogP contribution in [0.2, 0.25) is 5.02 Å². The number of nitrogens with zero attached hydrogens (tertiary/aromatic N) is 2. The van der Waals surface area contributed by atoms with Crippen molar-refractivity contribution >= 4 is 29.4 Å². The van der Waals surface area contributed by atoms with Gasteiger partial charge in [0.1, 0.15) is 5.69 Å². The topological polar surface area (TPSA) is 61.2 Å². The van der Waals surface area contributed by atoms with Crippen LogP contribution in [0.5, 0.6) is 0 Å². The minimum Gasteiger partial charge on any atom is -0.454 e. The molecule has 1 aliphatic rings. The first-order valence-electron chi connectivity index (χ1n) is 13.0. The number of para-hydroxylation sites is 1. The molecule has 4 aromatic rings. The minimum absolute atomic E-state index is 0.224. The average molecular weight is 525 g/mol. The number of hydrogen-bond donors (Lipinski definition) is 0. The van der Waals surface area contributed by atoms with E-state index in [-0.39, 0.29) is 12.4 Å². The standard InChI is InChI=1S/C32H29ClN2O3/c33-28-11-7-10-26(20-28)32-27(21-35(34-32)29-12-5-2-6-13-29)18-19-31(37)38-22-30(36)25-16-14-24(15-17-25)23-8-3-1-4-9-23/h2,5-7,10-21,23H,1,3-4,8-9,22H2/b19-18+. The predicted octanol–water partition coefficient (Wildman–Crippen LogP) is 7.68. The highest BCUT2D eigenvalue weighted by atomic mass is 35.5. The summed E-state index contributed by atoms with van der Waals surface area (Å²) in [6.45, 7) is -0.309. The van der Waals surface area contributed by atoms with Gasteiger partial charge in [-0.05, 0) is 54.7 Å². The Hall–Kier alpha value is -3.96. The van der Waals surface area contributed by atoms with Gasteiger partial charge >= 0.3 is 5.97 Å². The van der Waals surface area contributed by atoms with Crippen molar-refractivity contribution in [2.24, 2.45) is 0 Å². The minimum atomic E-state index is -0.596. The van der Waals surface area contributed by atoms with E-state index in [4.69, 9.17) is 21.4 Å². The lowest BCUT2D eigenvalue weighted by molar-refractivity contribution is -0.136. The number of esters is 1. The van der Waals surface area contributed by atoms with E-state index in [1.807, 2.05) is 79.0 Å². The molecule has 3 aromatic carbocycles. The molecule has 192 valence electrons. The lowest BCUT2D eigenvalue weighted by atomic mass is 9.84. The Kier molecular flexibility index (Phi) is 8.15. The lowest BCUT2D eigenvalue weighted by Crippen LogP contribution is -2.13. The quantitative estimate of drug-likeness (QED) is 0.135. The molecule has 5 rings (SSSR count). The van der Waals surface area contributed by atoms with Gasteiger partial charge in [-0.15, -0.1) is 0 Å². The molecular weight excluding hydrogens is 496 g/mol. The summed E-state index contributed by atoms with van der Waals surface area (Å²) in [5.41, 5.74) is 4.94. The molecule has 1 fully saturated rings. The first-order chi connectivity index (χ1) is 18.6. The van der Waals surface area contributed by atoms with Gasteiger partial charge in [0, 0.05) is 34.0 Å². The van der Waals surface area contributed by atoms with E-state index in [0.717, 1.165) is 16.8 Å². The number of benzene rings is 3. The van der Waals surface area contributed by atoms with Crippen molar-refractivity contribution in [3.05, 3.63) is 113 Å². The summed E-state index contributed by atoms with van der Waals surface area (Å²) in [4.78, 5) is 25.1. The van der Waals surface area contributed by atoms with E-state index in [9.17, 15) is 9.59 Å². The van der Waals surface area contributed by atoms with E-state index in [1.54, 1.807) is 16.8 Å². The Labute approximate surface area is 227 Å². The number of aromatic nitrogens is 2. The van der Waals surface area contributed by atoms with Crippen LogP contribution in [-0.2, 0) is 9.53 Å². The number of Topliss-reactive ketones (excluding diaryl/α,β-unsaturated/α-hetero) is 1. The first-order valence-corrected chi connectivity index (χ1v) is 13.3. The van der Waals surface area contributed by atoms with E-state index in [2.05, 4.69) is 0 Å². The maximum Gasteiger partial charge on any atom is 0.331 e. The molecule has 0 aliphatic heterocycles. The van der Waals surface area contributed by atoms with Crippen molar-refractivity contribution in [2.75, 3.05) is 6.61 Å². The van der Waals surface area contributed by atoms with Crippen LogP contribution in [0.25, 0.3) is 23.0 Å². The summed E-state index contributed by atoms with van der Waals surface area (Å²) in [5, 5.41) is 5.32. The Morgan fingerprint density at radius 2 is 1.71 bits per heavy atom. The summed E-state index contributed by atoms with van der Waals surface area (Å²) in [6.07, 6.45) is 11.1. The van der Waals surface area contributed by atoms with E-state index in [1.165, 1.54) is 43.7 Å². The highest BCUT2D eigenvalue weighted by Gasteiger charge is 2.17. The van der Waals surface area contributed by atoms with Crippen LogP contribution in [0, 0.1) is 0 Å². The van der Waals surface area contributed by atoms with Crippen LogP contribution in [0.4, 0.5) is 0 Å². The number of halogens is 1. The predicted molar refractivity (Wildman–Crippen MR) is 151 cm³/mol. The van der Waals surface area contributed by atoms with E-state index >= 15 is 0 Å². The first kappa shape index (κ1) is 25.7. The molecular formula is C32H29ClN2O3.